The summed E-state index contributed by atoms with van der Waals surface area (Å²) in [4.78, 5) is 0. The Morgan fingerprint density at radius 2 is 1.80 bits per heavy atom. The van der Waals surface area contributed by atoms with E-state index < -0.39 is 6.10 Å². The molecule has 0 aliphatic heterocycles. The molecule has 1 atom stereocenters. The lowest BCUT2D eigenvalue weighted by molar-refractivity contribution is 0.197. The smallest absolute Gasteiger partial charge is 0.137 e. The maximum atomic E-state index is 9.64. The third-order valence-corrected chi connectivity index (χ3v) is 2.72. The molecular formula is C12H17ClO2. The molecule has 0 saturated carbocycles. The summed E-state index contributed by atoms with van der Waals surface area (Å²) in [6.07, 6.45) is -0.509. The highest BCUT2D eigenvalue weighted by molar-refractivity contribution is 6.32. The molecule has 1 unspecified atom stereocenters. The monoisotopic (exact) mass is 228 g/mol. The Kier molecular flexibility index (Phi) is 4.00. The second-order valence-corrected chi connectivity index (χ2v) is 4.35. The van der Waals surface area contributed by atoms with E-state index in [1.54, 1.807) is 20.1 Å². The Morgan fingerprint density at radius 1 is 1.20 bits per heavy atom. The fraction of sp³-hybridized carbons (Fsp3) is 0.500. The van der Waals surface area contributed by atoms with Crippen molar-refractivity contribution in [1.82, 2.24) is 0 Å². The van der Waals surface area contributed by atoms with Crippen molar-refractivity contribution in [2.75, 3.05) is 7.11 Å². The molecule has 0 aliphatic rings. The first kappa shape index (κ1) is 12.3. The molecule has 1 rings (SSSR count). The van der Waals surface area contributed by atoms with E-state index in [1.807, 2.05) is 6.07 Å². The zero-order valence-electron chi connectivity index (χ0n) is 9.54. The van der Waals surface area contributed by atoms with Crippen LogP contribution in [0.1, 0.15) is 43.9 Å². The summed E-state index contributed by atoms with van der Waals surface area (Å²) in [6, 6.07) is 3.68. The number of rotatable bonds is 3. The predicted molar refractivity (Wildman–Crippen MR) is 62.7 cm³/mol. The van der Waals surface area contributed by atoms with Crippen molar-refractivity contribution < 1.29 is 9.84 Å². The van der Waals surface area contributed by atoms with Gasteiger partial charge in [0.2, 0.25) is 0 Å². The van der Waals surface area contributed by atoms with Crippen molar-refractivity contribution in [3.05, 3.63) is 28.3 Å². The first-order valence-electron chi connectivity index (χ1n) is 5.02. The van der Waals surface area contributed by atoms with Gasteiger partial charge in [0.25, 0.3) is 0 Å². The second-order valence-electron chi connectivity index (χ2n) is 3.95. The highest BCUT2D eigenvalue weighted by atomic mass is 35.5. The summed E-state index contributed by atoms with van der Waals surface area (Å²) in [6.45, 7) is 5.90. The Hall–Kier alpha value is -0.730. The highest BCUT2D eigenvalue weighted by Crippen LogP contribution is 2.34. The van der Waals surface area contributed by atoms with E-state index in [1.165, 1.54) is 0 Å². The molecule has 2 nitrogen and oxygen atoms in total. The summed E-state index contributed by atoms with van der Waals surface area (Å²) >= 11 is 6.01. The van der Waals surface area contributed by atoms with Crippen LogP contribution in [0.15, 0.2) is 12.1 Å². The summed E-state index contributed by atoms with van der Waals surface area (Å²) in [5, 5.41) is 10.2. The van der Waals surface area contributed by atoms with Gasteiger partial charge in [-0.25, -0.2) is 0 Å². The lowest BCUT2D eigenvalue weighted by Gasteiger charge is -2.17. The third kappa shape index (κ3) is 2.64. The molecule has 0 spiro atoms. The number of benzene rings is 1. The summed E-state index contributed by atoms with van der Waals surface area (Å²) in [5.41, 5.74) is 1.95. The van der Waals surface area contributed by atoms with Crippen molar-refractivity contribution in [1.29, 1.82) is 0 Å². The van der Waals surface area contributed by atoms with Crippen molar-refractivity contribution in [3.63, 3.8) is 0 Å². The van der Waals surface area contributed by atoms with Crippen LogP contribution in [-0.4, -0.2) is 12.2 Å². The zero-order valence-corrected chi connectivity index (χ0v) is 10.3. The Balaban J connectivity index is 3.32. The first-order valence-corrected chi connectivity index (χ1v) is 5.40. The van der Waals surface area contributed by atoms with E-state index in [2.05, 4.69) is 13.8 Å². The topological polar surface area (TPSA) is 29.5 Å². The maximum absolute atomic E-state index is 9.64. The van der Waals surface area contributed by atoms with Gasteiger partial charge in [0, 0.05) is 0 Å². The van der Waals surface area contributed by atoms with Crippen LogP contribution in [0.3, 0.4) is 0 Å². The molecule has 0 aliphatic carbocycles. The van der Waals surface area contributed by atoms with Gasteiger partial charge in [-0.15, -0.1) is 0 Å². The minimum Gasteiger partial charge on any atom is -0.495 e. The van der Waals surface area contributed by atoms with Crippen LogP contribution in [-0.2, 0) is 0 Å². The molecular weight excluding hydrogens is 212 g/mol. The fourth-order valence-corrected chi connectivity index (χ4v) is 1.85. The van der Waals surface area contributed by atoms with Crippen molar-refractivity contribution in [2.24, 2.45) is 0 Å². The number of hydrogen-bond acceptors (Lipinski definition) is 2. The summed E-state index contributed by atoms with van der Waals surface area (Å²) < 4.78 is 5.16. The van der Waals surface area contributed by atoms with E-state index in [0.29, 0.717) is 16.7 Å². The van der Waals surface area contributed by atoms with Gasteiger partial charge >= 0.3 is 0 Å². The van der Waals surface area contributed by atoms with Gasteiger partial charge in [0.1, 0.15) is 5.75 Å². The van der Waals surface area contributed by atoms with Gasteiger partial charge in [-0.3, -0.25) is 0 Å². The van der Waals surface area contributed by atoms with Gasteiger partial charge in [-0.1, -0.05) is 25.4 Å². The average molecular weight is 229 g/mol. The van der Waals surface area contributed by atoms with Crippen molar-refractivity contribution in [3.8, 4) is 5.75 Å². The largest absolute Gasteiger partial charge is 0.495 e. The van der Waals surface area contributed by atoms with E-state index in [-0.39, 0.29) is 0 Å². The number of aliphatic hydroxyl groups excluding tert-OH is 1. The molecule has 0 saturated heterocycles. The fourth-order valence-electron chi connectivity index (χ4n) is 1.60. The minimum absolute atomic E-state index is 0.334. The lowest BCUT2D eigenvalue weighted by Crippen LogP contribution is -2.01. The van der Waals surface area contributed by atoms with Crippen LogP contribution < -0.4 is 4.74 Å². The van der Waals surface area contributed by atoms with E-state index >= 15 is 0 Å². The zero-order chi connectivity index (χ0) is 11.6. The van der Waals surface area contributed by atoms with Gasteiger partial charge < -0.3 is 9.84 Å². The summed E-state index contributed by atoms with van der Waals surface area (Å²) in [7, 11) is 1.59. The number of hydrogen-bond donors (Lipinski definition) is 1. The van der Waals surface area contributed by atoms with Crippen LogP contribution in [0, 0.1) is 0 Å². The van der Waals surface area contributed by atoms with E-state index in [4.69, 9.17) is 16.3 Å². The first-order chi connectivity index (χ1) is 6.97. The van der Waals surface area contributed by atoms with Crippen LogP contribution in [0.25, 0.3) is 0 Å². The average Bonchev–Trinajstić information content (AvgIpc) is 2.16. The van der Waals surface area contributed by atoms with Crippen LogP contribution >= 0.6 is 11.6 Å². The molecule has 0 bridgehead atoms. The van der Waals surface area contributed by atoms with Gasteiger partial charge in [-0.2, -0.15) is 0 Å². The summed E-state index contributed by atoms with van der Waals surface area (Å²) in [5.74, 6) is 0.991. The molecule has 1 N–H and O–H groups in total. The SMILES string of the molecule is COc1cc(C(C)C)c(C(C)O)cc1Cl. The number of aliphatic hydroxyl groups is 1. The molecule has 0 heterocycles. The van der Waals surface area contributed by atoms with Crippen molar-refractivity contribution >= 4 is 11.6 Å². The van der Waals surface area contributed by atoms with Crippen molar-refractivity contribution in [2.45, 2.75) is 32.8 Å². The molecule has 1 aromatic carbocycles. The third-order valence-electron chi connectivity index (χ3n) is 2.43. The maximum Gasteiger partial charge on any atom is 0.137 e. The Bertz CT molecular complexity index is 346. The van der Waals surface area contributed by atoms with Gasteiger partial charge in [0.05, 0.1) is 18.2 Å². The number of ether oxygens (including phenoxy) is 1. The molecule has 0 amide bonds. The van der Waals surface area contributed by atoms with Crippen LogP contribution in [0.2, 0.25) is 5.02 Å². The number of halogens is 1. The highest BCUT2D eigenvalue weighted by Gasteiger charge is 2.14. The van der Waals surface area contributed by atoms with Crippen LogP contribution in [0.4, 0.5) is 0 Å². The standard InChI is InChI=1S/C12H17ClO2/c1-7(2)9-6-12(15-4)11(13)5-10(9)8(3)14/h5-8,14H,1-4H3. The Morgan fingerprint density at radius 3 is 2.20 bits per heavy atom. The lowest BCUT2D eigenvalue weighted by atomic mass is 9.94. The number of methoxy groups -OCH3 is 1. The molecule has 0 radical (unpaired) electrons. The minimum atomic E-state index is -0.509. The van der Waals surface area contributed by atoms with Gasteiger partial charge in [-0.05, 0) is 36.1 Å². The molecule has 1 aromatic rings. The molecule has 0 fully saturated rings. The Labute approximate surface area is 95.8 Å². The second kappa shape index (κ2) is 4.86. The van der Waals surface area contributed by atoms with E-state index in [9.17, 15) is 5.11 Å². The molecule has 15 heavy (non-hydrogen) atoms. The van der Waals surface area contributed by atoms with Crippen LogP contribution in [0.5, 0.6) is 5.75 Å². The predicted octanol–water partition coefficient (Wildman–Crippen LogP) is 3.53. The van der Waals surface area contributed by atoms with E-state index in [0.717, 1.165) is 11.1 Å². The molecule has 84 valence electrons. The normalized spacial score (nSPS) is 13.0. The van der Waals surface area contributed by atoms with Gasteiger partial charge in [0.15, 0.2) is 0 Å². The molecule has 0 aromatic heterocycles. The quantitative estimate of drug-likeness (QED) is 0.858. The molecule has 3 heteroatoms.